The van der Waals surface area contributed by atoms with Crippen molar-refractivity contribution in [1.82, 2.24) is 0 Å². The van der Waals surface area contributed by atoms with E-state index in [2.05, 4.69) is 67.7 Å². The van der Waals surface area contributed by atoms with Crippen LogP contribution in [0.5, 0.6) is 0 Å². The quantitative estimate of drug-likeness (QED) is 0.0798. The van der Waals surface area contributed by atoms with Crippen molar-refractivity contribution in [3.8, 4) is 0 Å². The van der Waals surface area contributed by atoms with Gasteiger partial charge in [0.2, 0.25) is 0 Å². The molecule has 0 heterocycles. The molecule has 0 N–H and O–H groups in total. The van der Waals surface area contributed by atoms with Gasteiger partial charge in [0.1, 0.15) is 0 Å². The number of esters is 1. The molecule has 4 atom stereocenters. The highest BCUT2D eigenvalue weighted by Gasteiger charge is 2.50. The van der Waals surface area contributed by atoms with Crippen LogP contribution in [0.25, 0.3) is 0 Å². The number of ketones is 1. The molecule has 1 aromatic carbocycles. The Kier molecular flexibility index (Phi) is 13.7. The lowest BCUT2D eigenvalue weighted by molar-refractivity contribution is -0.140. The largest absolute Gasteiger partial charge is 0.469 e. The Hall–Kier alpha value is -1.29. The molecular weight excluding hydrogens is 557 g/mol. The molecule has 0 amide bonds. The van der Waals surface area contributed by atoms with E-state index in [-0.39, 0.29) is 34.0 Å². The fourth-order valence-corrected chi connectivity index (χ4v) is 8.45. The smallest absolute Gasteiger partial charge is 0.305 e. The molecule has 0 spiro atoms. The van der Waals surface area contributed by atoms with Gasteiger partial charge in [0.15, 0.2) is 22.4 Å². The zero-order valence-corrected chi connectivity index (χ0v) is 30.8. The lowest BCUT2D eigenvalue weighted by Gasteiger charge is -2.40. The number of carbonyl (C=O) groups excluding carboxylic acids is 2. The van der Waals surface area contributed by atoms with Crippen LogP contribution in [0.1, 0.15) is 116 Å². The number of carbonyl (C=O) groups is 2. The van der Waals surface area contributed by atoms with Crippen molar-refractivity contribution in [1.29, 1.82) is 0 Å². The van der Waals surface area contributed by atoms with E-state index in [1.165, 1.54) is 7.11 Å². The van der Waals surface area contributed by atoms with E-state index in [1.54, 1.807) is 0 Å². The summed E-state index contributed by atoms with van der Waals surface area (Å²) in [6.07, 6.45) is 9.47. The predicted molar refractivity (Wildman–Crippen MR) is 180 cm³/mol. The lowest BCUT2D eigenvalue weighted by atomic mass is 9.84. The van der Waals surface area contributed by atoms with Crippen LogP contribution in [0, 0.1) is 11.8 Å². The highest BCUT2D eigenvalue weighted by atomic mass is 28.4. The Bertz CT molecular complexity index is 977. The van der Waals surface area contributed by atoms with Crippen LogP contribution in [0.4, 0.5) is 0 Å². The number of hydrogen-bond acceptors (Lipinski definition) is 5. The van der Waals surface area contributed by atoms with E-state index >= 15 is 0 Å². The molecule has 0 aromatic heterocycles. The molecule has 4 unspecified atom stereocenters. The van der Waals surface area contributed by atoms with Crippen LogP contribution in [0.2, 0.25) is 36.3 Å². The molecule has 0 saturated heterocycles. The van der Waals surface area contributed by atoms with Gasteiger partial charge < -0.3 is 13.6 Å². The van der Waals surface area contributed by atoms with Gasteiger partial charge in [-0.3, -0.25) is 9.59 Å². The first-order valence-electron chi connectivity index (χ1n) is 16.4. The van der Waals surface area contributed by atoms with Crippen LogP contribution in [-0.2, 0) is 18.4 Å². The maximum Gasteiger partial charge on any atom is 0.305 e. The minimum absolute atomic E-state index is 0.121. The third-order valence-electron chi connectivity index (χ3n) is 10.4. The van der Waals surface area contributed by atoms with E-state index in [9.17, 15) is 9.59 Å². The summed E-state index contributed by atoms with van der Waals surface area (Å²) in [5, 5.41) is 0.274. The van der Waals surface area contributed by atoms with Gasteiger partial charge in [0.25, 0.3) is 0 Å². The zero-order valence-electron chi connectivity index (χ0n) is 28.8. The summed E-state index contributed by atoms with van der Waals surface area (Å²) in [6, 6.07) is 9.69. The number of Topliss-reactive ketones (excluding diaryl/α,β-unsaturated/α-hetero) is 1. The molecule has 0 radical (unpaired) electrons. The second-order valence-electron chi connectivity index (χ2n) is 15.6. The predicted octanol–water partition coefficient (Wildman–Crippen LogP) is 9.97. The van der Waals surface area contributed by atoms with Crippen LogP contribution < -0.4 is 0 Å². The molecule has 1 saturated carbocycles. The van der Waals surface area contributed by atoms with Crippen molar-refractivity contribution >= 4 is 28.4 Å². The van der Waals surface area contributed by atoms with Gasteiger partial charge in [-0.25, -0.2) is 0 Å². The Morgan fingerprint density at radius 1 is 0.714 bits per heavy atom. The second kappa shape index (κ2) is 15.6. The Labute approximate surface area is 260 Å². The van der Waals surface area contributed by atoms with Gasteiger partial charge in [-0.1, -0.05) is 91.1 Å². The first-order valence-corrected chi connectivity index (χ1v) is 22.2. The normalized spacial score (nSPS) is 21.9. The molecule has 5 nitrogen and oxygen atoms in total. The first kappa shape index (κ1) is 36.9. The fourth-order valence-electron chi connectivity index (χ4n) is 5.68. The number of methoxy groups -OCH3 is 1. The van der Waals surface area contributed by atoms with Gasteiger partial charge in [-0.05, 0) is 80.2 Å². The Balaban J connectivity index is 2.26. The monoisotopic (exact) mass is 618 g/mol. The maximum atomic E-state index is 13.0. The Morgan fingerprint density at radius 3 is 1.67 bits per heavy atom. The summed E-state index contributed by atoms with van der Waals surface area (Å²) in [6.45, 7) is 23.4. The van der Waals surface area contributed by atoms with Crippen molar-refractivity contribution in [2.24, 2.45) is 11.8 Å². The van der Waals surface area contributed by atoms with E-state index in [0.717, 1.165) is 56.9 Å². The minimum atomic E-state index is -2.00. The minimum Gasteiger partial charge on any atom is -0.469 e. The molecule has 1 aliphatic rings. The summed E-state index contributed by atoms with van der Waals surface area (Å²) >= 11 is 0. The summed E-state index contributed by atoms with van der Waals surface area (Å²) in [5.74, 6) is 0.907. The third-order valence-corrected chi connectivity index (χ3v) is 19.4. The molecule has 2 rings (SSSR count). The van der Waals surface area contributed by atoms with Gasteiger partial charge in [-0.2, -0.15) is 0 Å². The highest BCUT2D eigenvalue weighted by molar-refractivity contribution is 6.74. The third kappa shape index (κ3) is 10.7. The molecule has 1 fully saturated rings. The van der Waals surface area contributed by atoms with Crippen LogP contribution in [0.15, 0.2) is 30.3 Å². The molecule has 0 bridgehead atoms. The topological polar surface area (TPSA) is 61.8 Å². The van der Waals surface area contributed by atoms with Crippen LogP contribution in [-0.4, -0.2) is 47.7 Å². The van der Waals surface area contributed by atoms with Gasteiger partial charge in [0, 0.05) is 18.4 Å². The van der Waals surface area contributed by atoms with E-state index < -0.39 is 16.6 Å². The fraction of sp³-hybridized carbons (Fsp3) is 0.771. The van der Waals surface area contributed by atoms with E-state index in [1.807, 2.05) is 30.3 Å². The van der Waals surface area contributed by atoms with E-state index in [0.29, 0.717) is 24.7 Å². The average Bonchev–Trinajstić information content (AvgIpc) is 3.19. The van der Waals surface area contributed by atoms with Crippen molar-refractivity contribution < 1.29 is 23.2 Å². The zero-order chi connectivity index (χ0) is 31.8. The highest BCUT2D eigenvalue weighted by Crippen LogP contribution is 2.49. The average molecular weight is 619 g/mol. The maximum absolute atomic E-state index is 13.0. The lowest BCUT2D eigenvalue weighted by Crippen LogP contribution is -2.45. The van der Waals surface area contributed by atoms with E-state index in [4.69, 9.17) is 13.6 Å². The Morgan fingerprint density at radius 2 is 1.19 bits per heavy atom. The van der Waals surface area contributed by atoms with Crippen LogP contribution >= 0.6 is 0 Å². The first-order chi connectivity index (χ1) is 19.4. The molecule has 0 aliphatic heterocycles. The second-order valence-corrected chi connectivity index (χ2v) is 25.1. The summed E-state index contributed by atoms with van der Waals surface area (Å²) in [7, 11) is -2.53. The van der Waals surface area contributed by atoms with Crippen molar-refractivity contribution in [3.05, 3.63) is 35.9 Å². The molecule has 240 valence electrons. The number of hydrogen-bond donors (Lipinski definition) is 0. The van der Waals surface area contributed by atoms with Gasteiger partial charge in [0.05, 0.1) is 19.3 Å². The molecule has 1 aromatic rings. The van der Waals surface area contributed by atoms with Crippen molar-refractivity contribution in [2.45, 2.75) is 154 Å². The SMILES string of the molecule is COC(=O)CCCCCCC1C(O[Si](C)(C)C(C)(C)C)CC(O[Si](C)(C)C(C)(C)C)C1CCCC(=O)c1ccccc1. The summed E-state index contributed by atoms with van der Waals surface area (Å²) < 4.78 is 19.2. The molecule has 1 aliphatic carbocycles. The summed E-state index contributed by atoms with van der Waals surface area (Å²) in [4.78, 5) is 24.5. The van der Waals surface area contributed by atoms with Crippen LogP contribution in [0.3, 0.4) is 0 Å². The van der Waals surface area contributed by atoms with Crippen molar-refractivity contribution in [3.63, 3.8) is 0 Å². The standard InChI is InChI=1S/C35H62O5Si2/c1-34(2,3)41(8,9)39-31-26-32(40-42(10,11)35(4,5)6)29(23-19-24-30(36)27-20-15-14-16-21-27)28(31)22-17-12-13-18-25-33(37)38-7/h14-16,20-21,28-29,31-32H,12-13,17-19,22-26H2,1-11H3. The molecule has 42 heavy (non-hydrogen) atoms. The summed E-state index contributed by atoms with van der Waals surface area (Å²) in [5.41, 5.74) is 0.806. The molecule has 7 heteroatoms. The number of unbranched alkanes of at least 4 members (excludes halogenated alkanes) is 3. The van der Waals surface area contributed by atoms with Crippen molar-refractivity contribution in [2.75, 3.05) is 7.11 Å². The van der Waals surface area contributed by atoms with Gasteiger partial charge >= 0.3 is 5.97 Å². The number of rotatable bonds is 16. The molecular formula is C35H62O5Si2. The van der Waals surface area contributed by atoms with Gasteiger partial charge in [-0.15, -0.1) is 0 Å². The number of benzene rings is 1. The number of ether oxygens (including phenoxy) is 1.